The van der Waals surface area contributed by atoms with Gasteiger partial charge in [-0.05, 0) is 36.2 Å². The summed E-state index contributed by atoms with van der Waals surface area (Å²) in [5.74, 6) is 0.953. The molecule has 1 aromatic heterocycles. The zero-order valence-electron chi connectivity index (χ0n) is 11.2. The minimum Gasteiger partial charge on any atom is -0.337 e. The number of nitrogens with zero attached hydrogens (tertiary/aromatic N) is 2. The first kappa shape index (κ1) is 13.8. The average Bonchev–Trinajstić information content (AvgIpc) is 2.99. The normalized spacial score (nSPS) is 12.3. The highest BCUT2D eigenvalue weighted by Gasteiger charge is 2.16. The van der Waals surface area contributed by atoms with E-state index in [0.29, 0.717) is 23.2 Å². The molecule has 2 N–H and O–H groups in total. The highest BCUT2D eigenvalue weighted by atomic mass is 35.5. The predicted molar refractivity (Wildman–Crippen MR) is 81.8 cm³/mol. The van der Waals surface area contributed by atoms with Crippen LogP contribution in [0.3, 0.4) is 0 Å². The van der Waals surface area contributed by atoms with E-state index in [1.807, 2.05) is 42.5 Å². The van der Waals surface area contributed by atoms with Gasteiger partial charge in [-0.15, -0.1) is 0 Å². The smallest absolute Gasteiger partial charge is 0.244 e. The molecule has 5 heteroatoms. The van der Waals surface area contributed by atoms with Crippen molar-refractivity contribution in [2.24, 2.45) is 5.73 Å². The Labute approximate surface area is 127 Å². The summed E-state index contributed by atoms with van der Waals surface area (Å²) >= 11 is 5.86. The van der Waals surface area contributed by atoms with Gasteiger partial charge in [-0.25, -0.2) is 0 Å². The fraction of sp³-hybridized carbons (Fsp3) is 0.125. The van der Waals surface area contributed by atoms with Gasteiger partial charge in [-0.1, -0.05) is 47.1 Å². The SMILES string of the molecule is N[C@@H](Cc1ccccc1)c1nc(-c2ccc(Cl)cc2)no1. The van der Waals surface area contributed by atoms with Gasteiger partial charge in [0.15, 0.2) is 0 Å². The lowest BCUT2D eigenvalue weighted by atomic mass is 10.1. The Morgan fingerprint density at radius 2 is 1.76 bits per heavy atom. The fourth-order valence-electron chi connectivity index (χ4n) is 2.06. The Morgan fingerprint density at radius 1 is 1.05 bits per heavy atom. The molecule has 3 aromatic rings. The molecule has 4 nitrogen and oxygen atoms in total. The molecule has 3 rings (SSSR count). The topological polar surface area (TPSA) is 64.9 Å². The third-order valence-electron chi connectivity index (χ3n) is 3.16. The number of hydrogen-bond acceptors (Lipinski definition) is 4. The highest BCUT2D eigenvalue weighted by Crippen LogP contribution is 2.21. The van der Waals surface area contributed by atoms with E-state index < -0.39 is 0 Å². The Hall–Kier alpha value is -2.17. The monoisotopic (exact) mass is 299 g/mol. The fourth-order valence-corrected chi connectivity index (χ4v) is 2.18. The van der Waals surface area contributed by atoms with Crippen LogP contribution in [0.5, 0.6) is 0 Å². The van der Waals surface area contributed by atoms with Crippen LogP contribution in [0.15, 0.2) is 59.1 Å². The summed E-state index contributed by atoms with van der Waals surface area (Å²) in [5, 5.41) is 4.64. The van der Waals surface area contributed by atoms with Crippen molar-refractivity contribution in [1.29, 1.82) is 0 Å². The third kappa shape index (κ3) is 3.29. The van der Waals surface area contributed by atoms with Gasteiger partial charge in [0.1, 0.15) is 0 Å². The van der Waals surface area contributed by atoms with E-state index in [4.69, 9.17) is 21.9 Å². The standard InChI is InChI=1S/C16H14ClN3O/c17-13-8-6-12(7-9-13)15-19-16(21-20-15)14(18)10-11-4-2-1-3-5-11/h1-9,14H,10,18H2/t14-/m0/s1. The van der Waals surface area contributed by atoms with Crippen molar-refractivity contribution >= 4 is 11.6 Å². The van der Waals surface area contributed by atoms with E-state index in [9.17, 15) is 0 Å². The van der Waals surface area contributed by atoms with Crippen LogP contribution in [-0.4, -0.2) is 10.1 Å². The Morgan fingerprint density at radius 3 is 2.48 bits per heavy atom. The predicted octanol–water partition coefficient (Wildman–Crippen LogP) is 3.63. The van der Waals surface area contributed by atoms with Gasteiger partial charge in [0, 0.05) is 10.6 Å². The molecule has 0 saturated carbocycles. The van der Waals surface area contributed by atoms with Crippen molar-refractivity contribution < 1.29 is 4.52 Å². The Kier molecular flexibility index (Phi) is 3.99. The molecule has 1 atom stereocenters. The van der Waals surface area contributed by atoms with Gasteiger partial charge in [0.25, 0.3) is 0 Å². The summed E-state index contributed by atoms with van der Waals surface area (Å²) in [5.41, 5.74) is 8.11. The molecule has 106 valence electrons. The number of rotatable bonds is 4. The number of hydrogen-bond donors (Lipinski definition) is 1. The van der Waals surface area contributed by atoms with E-state index in [2.05, 4.69) is 10.1 Å². The van der Waals surface area contributed by atoms with Crippen LogP contribution in [0.1, 0.15) is 17.5 Å². The first-order valence-corrected chi connectivity index (χ1v) is 6.99. The minimum absolute atomic E-state index is 0.319. The summed E-state index contributed by atoms with van der Waals surface area (Å²) in [6.07, 6.45) is 0.656. The zero-order chi connectivity index (χ0) is 14.7. The van der Waals surface area contributed by atoms with Crippen molar-refractivity contribution in [2.75, 3.05) is 0 Å². The molecular formula is C16H14ClN3O. The maximum Gasteiger partial charge on any atom is 0.244 e. The second-order valence-corrected chi connectivity index (χ2v) is 5.20. The molecule has 0 saturated heterocycles. The van der Waals surface area contributed by atoms with Gasteiger partial charge in [0.05, 0.1) is 6.04 Å². The molecule has 21 heavy (non-hydrogen) atoms. The summed E-state index contributed by atoms with van der Waals surface area (Å²) in [4.78, 5) is 4.36. The molecule has 0 bridgehead atoms. The first-order valence-electron chi connectivity index (χ1n) is 6.61. The first-order chi connectivity index (χ1) is 10.2. The minimum atomic E-state index is -0.319. The van der Waals surface area contributed by atoms with E-state index in [1.165, 1.54) is 0 Å². The molecule has 0 radical (unpaired) electrons. The maximum absolute atomic E-state index is 6.13. The molecule has 0 aliphatic rings. The van der Waals surface area contributed by atoms with Crippen LogP contribution in [0.4, 0.5) is 0 Å². The molecular weight excluding hydrogens is 286 g/mol. The number of nitrogens with two attached hydrogens (primary N) is 1. The van der Waals surface area contributed by atoms with Gasteiger partial charge >= 0.3 is 0 Å². The van der Waals surface area contributed by atoms with Crippen molar-refractivity contribution in [3.05, 3.63) is 71.1 Å². The van der Waals surface area contributed by atoms with Crippen molar-refractivity contribution in [3.63, 3.8) is 0 Å². The zero-order valence-corrected chi connectivity index (χ0v) is 12.0. The molecule has 0 fully saturated rings. The molecule has 0 spiro atoms. The van der Waals surface area contributed by atoms with Gasteiger partial charge in [-0.2, -0.15) is 4.98 Å². The van der Waals surface area contributed by atoms with E-state index in [1.54, 1.807) is 12.1 Å². The van der Waals surface area contributed by atoms with Gasteiger partial charge in [0.2, 0.25) is 11.7 Å². The lowest BCUT2D eigenvalue weighted by Crippen LogP contribution is -2.13. The Bertz CT molecular complexity index is 710. The summed E-state index contributed by atoms with van der Waals surface area (Å²) in [6.45, 7) is 0. The van der Waals surface area contributed by atoms with E-state index in [-0.39, 0.29) is 6.04 Å². The summed E-state index contributed by atoms with van der Waals surface area (Å²) < 4.78 is 5.26. The summed E-state index contributed by atoms with van der Waals surface area (Å²) in [6, 6.07) is 16.9. The quantitative estimate of drug-likeness (QED) is 0.799. The van der Waals surface area contributed by atoms with E-state index >= 15 is 0 Å². The second-order valence-electron chi connectivity index (χ2n) is 4.76. The summed E-state index contributed by atoms with van der Waals surface area (Å²) in [7, 11) is 0. The molecule has 0 aliphatic carbocycles. The van der Waals surface area contributed by atoms with Crippen LogP contribution < -0.4 is 5.73 Å². The van der Waals surface area contributed by atoms with Gasteiger partial charge in [-0.3, -0.25) is 0 Å². The van der Waals surface area contributed by atoms with Crippen LogP contribution in [0.2, 0.25) is 5.02 Å². The Balaban J connectivity index is 1.76. The van der Waals surface area contributed by atoms with Crippen molar-refractivity contribution in [1.82, 2.24) is 10.1 Å². The van der Waals surface area contributed by atoms with Crippen LogP contribution >= 0.6 is 11.6 Å². The highest BCUT2D eigenvalue weighted by molar-refractivity contribution is 6.30. The largest absolute Gasteiger partial charge is 0.337 e. The third-order valence-corrected chi connectivity index (χ3v) is 3.41. The molecule has 0 amide bonds. The van der Waals surface area contributed by atoms with E-state index in [0.717, 1.165) is 11.1 Å². The number of benzene rings is 2. The van der Waals surface area contributed by atoms with Gasteiger partial charge < -0.3 is 10.3 Å². The average molecular weight is 300 g/mol. The molecule has 1 heterocycles. The maximum atomic E-state index is 6.13. The molecule has 0 unspecified atom stereocenters. The van der Waals surface area contributed by atoms with Crippen LogP contribution in [-0.2, 0) is 6.42 Å². The van der Waals surface area contributed by atoms with Crippen LogP contribution in [0, 0.1) is 0 Å². The number of aromatic nitrogens is 2. The second kappa shape index (κ2) is 6.08. The van der Waals surface area contributed by atoms with Crippen molar-refractivity contribution in [3.8, 4) is 11.4 Å². The van der Waals surface area contributed by atoms with Crippen molar-refractivity contribution in [2.45, 2.75) is 12.5 Å². The number of halogens is 1. The molecule has 0 aliphatic heterocycles. The van der Waals surface area contributed by atoms with Crippen LogP contribution in [0.25, 0.3) is 11.4 Å². The molecule has 2 aromatic carbocycles. The lowest BCUT2D eigenvalue weighted by Gasteiger charge is -2.05. The lowest BCUT2D eigenvalue weighted by molar-refractivity contribution is 0.354.